The van der Waals surface area contributed by atoms with Gasteiger partial charge in [0.2, 0.25) is 17.7 Å². The van der Waals surface area contributed by atoms with Crippen molar-refractivity contribution >= 4 is 40.6 Å². The number of aliphatic hydroxyl groups excluding tert-OH is 3. The molecule has 0 bridgehead atoms. The van der Waals surface area contributed by atoms with E-state index >= 15 is 4.39 Å². The lowest BCUT2D eigenvalue weighted by Gasteiger charge is -2.38. The van der Waals surface area contributed by atoms with Gasteiger partial charge in [-0.25, -0.2) is 19.0 Å². The standard InChI is InChI=1S/C41H49FN6O15/c1-5-41(59)20-8-25-30-18(10-48(25)37(55)19(20)11-62-40(41)58)28-22(7-6-17-16(4)21(42)9-23(46-30)27(17)28)45-26(49)13-60-14-44-35(53)24(47-36(54)29(43)15(2)3)12-61-39-33(52)31(50)32(51)34(63-39)38(56)57/h8-9,15,22,24,29,31-34,39,50-52,59H,5-7,10-14,43H2,1-4H3,(H,44,53)(H,45,49)(H,47,54)(H,56,57)/t22-,24-,29-,31-,32-,33+,34-,39+,41-/m0/s1. The summed E-state index contributed by atoms with van der Waals surface area (Å²) in [6, 6.07) is -0.455. The number of nitrogens with zero attached hydrogens (tertiary/aromatic N) is 2. The van der Waals surface area contributed by atoms with Crippen molar-refractivity contribution in [3.63, 3.8) is 0 Å². The first-order valence-corrected chi connectivity index (χ1v) is 20.3. The maximum Gasteiger partial charge on any atom is 0.343 e. The molecule has 10 N–H and O–H groups in total. The highest BCUT2D eigenvalue weighted by molar-refractivity contribution is 5.94. The summed E-state index contributed by atoms with van der Waals surface area (Å²) >= 11 is 0. The highest BCUT2D eigenvalue weighted by Gasteiger charge is 2.48. The minimum absolute atomic E-state index is 0.0241. The number of hydrogen-bond donors (Lipinski definition) is 9. The number of amides is 3. The number of pyridine rings is 2. The molecule has 2 aromatic heterocycles. The molecule has 5 heterocycles. The molecule has 21 nitrogen and oxygen atoms in total. The number of aryl methyl sites for hydroxylation is 1. The van der Waals surface area contributed by atoms with Gasteiger partial charge in [-0.3, -0.25) is 19.2 Å². The minimum atomic E-state index is -2.07. The van der Waals surface area contributed by atoms with E-state index in [0.717, 1.165) is 0 Å². The number of carboxylic acid groups (broad SMARTS) is 1. The Hall–Kier alpha value is -5.46. The number of rotatable bonds is 14. The van der Waals surface area contributed by atoms with Crippen LogP contribution >= 0.6 is 0 Å². The molecule has 340 valence electrons. The zero-order valence-electron chi connectivity index (χ0n) is 34.7. The average Bonchev–Trinajstić information content (AvgIpc) is 3.62. The first-order valence-electron chi connectivity index (χ1n) is 20.3. The number of halogens is 1. The highest BCUT2D eigenvalue weighted by Crippen LogP contribution is 2.46. The first kappa shape index (κ1) is 45.6. The molecule has 22 heteroatoms. The van der Waals surface area contributed by atoms with Gasteiger partial charge in [0.1, 0.15) is 50.1 Å². The number of aliphatic hydroxyl groups is 4. The van der Waals surface area contributed by atoms with Crippen LogP contribution in [0.25, 0.3) is 22.3 Å². The molecule has 4 aliphatic rings. The summed E-state index contributed by atoms with van der Waals surface area (Å²) in [6.07, 6.45) is -9.10. The van der Waals surface area contributed by atoms with E-state index in [1.54, 1.807) is 33.8 Å². The maximum atomic E-state index is 15.3. The van der Waals surface area contributed by atoms with E-state index < -0.39 is 115 Å². The Kier molecular flexibility index (Phi) is 12.7. The normalized spacial score (nSPS) is 25.7. The van der Waals surface area contributed by atoms with Crippen LogP contribution in [-0.2, 0) is 68.1 Å². The number of nitrogens with one attached hydrogen (secondary N) is 3. The van der Waals surface area contributed by atoms with Gasteiger partial charge in [-0.15, -0.1) is 0 Å². The van der Waals surface area contributed by atoms with Crippen LogP contribution in [0.5, 0.6) is 0 Å². The quantitative estimate of drug-likeness (QED) is 0.0379. The third kappa shape index (κ3) is 8.16. The number of cyclic esters (lactones) is 1. The first-order chi connectivity index (χ1) is 29.8. The highest BCUT2D eigenvalue weighted by atomic mass is 19.1. The summed E-state index contributed by atoms with van der Waals surface area (Å²) in [6.45, 7) is 4.37. The summed E-state index contributed by atoms with van der Waals surface area (Å²) in [5.74, 6) is -5.67. The van der Waals surface area contributed by atoms with Crippen LogP contribution < -0.4 is 27.2 Å². The number of aliphatic carboxylic acids is 1. The fraction of sp³-hybridized carbons (Fsp3) is 0.537. The number of ether oxygens (including phenoxy) is 4. The number of esters is 1. The molecule has 0 radical (unpaired) electrons. The third-order valence-corrected chi connectivity index (χ3v) is 12.2. The van der Waals surface area contributed by atoms with Crippen molar-refractivity contribution in [2.45, 2.75) is 115 Å². The predicted octanol–water partition coefficient (Wildman–Crippen LogP) is -1.90. The second-order valence-electron chi connectivity index (χ2n) is 16.4. The number of nitrogens with two attached hydrogens (primary N) is 1. The number of benzene rings is 1. The van der Waals surface area contributed by atoms with Crippen molar-refractivity contribution in [2.75, 3.05) is 19.9 Å². The second kappa shape index (κ2) is 17.6. The number of aromatic nitrogens is 2. The van der Waals surface area contributed by atoms with E-state index in [1.807, 2.05) is 0 Å². The Morgan fingerprint density at radius 3 is 2.49 bits per heavy atom. The van der Waals surface area contributed by atoms with E-state index in [2.05, 4.69) is 16.0 Å². The Bertz CT molecular complexity index is 2450. The van der Waals surface area contributed by atoms with E-state index in [-0.39, 0.29) is 42.1 Å². The molecule has 63 heavy (non-hydrogen) atoms. The van der Waals surface area contributed by atoms with E-state index in [0.29, 0.717) is 51.9 Å². The average molecular weight is 885 g/mol. The molecule has 1 aliphatic carbocycles. The van der Waals surface area contributed by atoms with Gasteiger partial charge in [0, 0.05) is 22.6 Å². The summed E-state index contributed by atoms with van der Waals surface area (Å²) in [5.41, 5.74) is 6.84. The van der Waals surface area contributed by atoms with Gasteiger partial charge in [0.05, 0.1) is 47.7 Å². The topological polar surface area (TPSA) is 320 Å². The number of carbonyl (C=O) groups is 5. The van der Waals surface area contributed by atoms with E-state index in [9.17, 15) is 54.3 Å². The van der Waals surface area contributed by atoms with Gasteiger partial charge in [-0.1, -0.05) is 20.8 Å². The molecule has 1 saturated heterocycles. The predicted molar refractivity (Wildman–Crippen MR) is 212 cm³/mol. The van der Waals surface area contributed by atoms with Crippen molar-refractivity contribution in [3.8, 4) is 11.4 Å². The largest absolute Gasteiger partial charge is 0.479 e. The third-order valence-electron chi connectivity index (χ3n) is 12.2. The second-order valence-corrected chi connectivity index (χ2v) is 16.4. The number of hydrogen-bond acceptors (Lipinski definition) is 16. The van der Waals surface area contributed by atoms with Crippen LogP contribution in [0.15, 0.2) is 16.9 Å². The molecule has 0 spiro atoms. The molecule has 9 atom stereocenters. The summed E-state index contributed by atoms with van der Waals surface area (Å²) in [5, 5.41) is 59.5. The van der Waals surface area contributed by atoms with Crippen LogP contribution in [0.1, 0.15) is 73.0 Å². The van der Waals surface area contributed by atoms with Gasteiger partial charge in [-0.05, 0) is 54.9 Å². The summed E-state index contributed by atoms with van der Waals surface area (Å²) in [7, 11) is 0. The fourth-order valence-corrected chi connectivity index (χ4v) is 8.46. The van der Waals surface area contributed by atoms with Crippen LogP contribution in [-0.4, -0.2) is 127 Å². The Labute approximate surface area is 357 Å². The number of carboxylic acids is 1. The van der Waals surface area contributed by atoms with E-state index in [1.165, 1.54) is 10.6 Å². The fourth-order valence-electron chi connectivity index (χ4n) is 8.46. The van der Waals surface area contributed by atoms with Crippen LogP contribution in [0.4, 0.5) is 4.39 Å². The van der Waals surface area contributed by atoms with Crippen LogP contribution in [0, 0.1) is 18.7 Å². The van der Waals surface area contributed by atoms with Gasteiger partial charge < -0.3 is 70.7 Å². The summed E-state index contributed by atoms with van der Waals surface area (Å²) < 4.78 is 37.9. The molecular weight excluding hydrogens is 835 g/mol. The Morgan fingerprint density at radius 2 is 1.81 bits per heavy atom. The molecule has 3 amide bonds. The van der Waals surface area contributed by atoms with Crippen LogP contribution in [0.3, 0.4) is 0 Å². The lowest BCUT2D eigenvalue weighted by atomic mass is 9.81. The Balaban J connectivity index is 1.06. The van der Waals surface area contributed by atoms with Crippen molar-refractivity contribution in [1.82, 2.24) is 25.5 Å². The molecule has 1 fully saturated rings. The minimum Gasteiger partial charge on any atom is -0.479 e. The van der Waals surface area contributed by atoms with Gasteiger partial charge in [-0.2, -0.15) is 0 Å². The molecule has 7 rings (SSSR count). The Morgan fingerprint density at radius 1 is 1.08 bits per heavy atom. The molecule has 1 aromatic carbocycles. The maximum absolute atomic E-state index is 15.3. The van der Waals surface area contributed by atoms with Gasteiger partial charge in [0.25, 0.3) is 5.56 Å². The molecule has 3 aromatic rings. The van der Waals surface area contributed by atoms with Crippen molar-refractivity contribution in [1.29, 1.82) is 0 Å². The van der Waals surface area contributed by atoms with Crippen LogP contribution in [0.2, 0.25) is 0 Å². The van der Waals surface area contributed by atoms with Crippen molar-refractivity contribution in [2.24, 2.45) is 11.7 Å². The van der Waals surface area contributed by atoms with Crippen molar-refractivity contribution < 1.29 is 72.8 Å². The molecular formula is C41H49FN6O15. The summed E-state index contributed by atoms with van der Waals surface area (Å²) in [4.78, 5) is 82.6. The van der Waals surface area contributed by atoms with Gasteiger partial charge in [0.15, 0.2) is 18.0 Å². The lowest BCUT2D eigenvalue weighted by molar-refractivity contribution is -0.294. The monoisotopic (exact) mass is 884 g/mol. The molecule has 0 unspecified atom stereocenters. The number of fused-ring (bicyclic) bond motifs is 5. The van der Waals surface area contributed by atoms with Crippen molar-refractivity contribution in [3.05, 3.63) is 61.7 Å². The zero-order chi connectivity index (χ0) is 45.8. The van der Waals surface area contributed by atoms with E-state index in [4.69, 9.17) is 29.7 Å². The smallest absolute Gasteiger partial charge is 0.343 e. The number of carbonyl (C=O) groups excluding carboxylic acids is 4. The molecule has 3 aliphatic heterocycles. The molecule has 0 saturated carbocycles. The zero-order valence-corrected chi connectivity index (χ0v) is 34.7. The van der Waals surface area contributed by atoms with Gasteiger partial charge >= 0.3 is 11.9 Å². The SMILES string of the molecule is CC[C@@]1(O)C(=O)OCc2c1cc1n(c2=O)Cc2c-1nc1cc(F)c(C)c3c1c2[C@@H](NC(=O)COCNC(=O)[C@H](CO[C@@H]1O[C@H](C(=O)O)[C@@H](O)[C@H](O)[C@H]1O)NC(=O)[C@@H](N)C(C)C)CC3. The lowest BCUT2D eigenvalue weighted by Crippen LogP contribution is -2.61.